The maximum Gasteiger partial charge on any atom is 0.223 e. The summed E-state index contributed by atoms with van der Waals surface area (Å²) in [4.78, 5) is 23.0. The van der Waals surface area contributed by atoms with E-state index in [-0.39, 0.29) is 23.8 Å². The average Bonchev–Trinajstić information content (AvgIpc) is 2.76. The molecular weight excluding hydrogens is 234 g/mol. The summed E-state index contributed by atoms with van der Waals surface area (Å²) in [6.07, 6.45) is 2.82. The van der Waals surface area contributed by atoms with Gasteiger partial charge in [-0.15, -0.1) is 0 Å². The number of hydrogen-bond acceptors (Lipinski definition) is 4. The number of amides is 2. The van der Waals surface area contributed by atoms with Gasteiger partial charge >= 0.3 is 0 Å². The van der Waals surface area contributed by atoms with Gasteiger partial charge in [-0.3, -0.25) is 9.59 Å². The molecule has 0 spiro atoms. The molecule has 4 N–H and O–H groups in total. The van der Waals surface area contributed by atoms with E-state index in [1.807, 2.05) is 0 Å². The van der Waals surface area contributed by atoms with Gasteiger partial charge in [-0.1, -0.05) is 0 Å². The van der Waals surface area contributed by atoms with Gasteiger partial charge in [-0.05, 0) is 19.3 Å². The third-order valence-corrected chi connectivity index (χ3v) is 3.12. The van der Waals surface area contributed by atoms with Gasteiger partial charge in [0, 0.05) is 38.6 Å². The Kier molecular flexibility index (Phi) is 6.67. The van der Waals surface area contributed by atoms with Crippen LogP contribution < -0.4 is 16.4 Å². The number of carbonyl (C=O) groups is 2. The summed E-state index contributed by atoms with van der Waals surface area (Å²) in [5.74, 6) is -0.0281. The Labute approximate surface area is 108 Å². The Morgan fingerprint density at radius 1 is 1.28 bits per heavy atom. The minimum absolute atomic E-state index is 0.0210. The first-order valence-electron chi connectivity index (χ1n) is 6.42. The summed E-state index contributed by atoms with van der Waals surface area (Å²) in [6, 6.07) is 0.151. The quantitative estimate of drug-likeness (QED) is 0.530. The third kappa shape index (κ3) is 5.46. The zero-order chi connectivity index (χ0) is 13.4. The zero-order valence-electron chi connectivity index (χ0n) is 10.9. The Hall–Kier alpha value is -1.14. The van der Waals surface area contributed by atoms with Crippen molar-refractivity contribution in [3.63, 3.8) is 0 Å². The molecular formula is C12H23N3O3. The maximum absolute atomic E-state index is 11.7. The Bertz CT molecular complexity index is 284. The molecule has 1 rings (SSSR count). The maximum atomic E-state index is 11.7. The van der Waals surface area contributed by atoms with E-state index >= 15 is 0 Å². The standard InChI is InChI=1S/C12H23N3O3/c1-18-7-6-14-11(16)4-5-15-12(17)9-2-3-10(13)8-9/h9-10H,2-8,13H2,1H3,(H,14,16)(H,15,17). The van der Waals surface area contributed by atoms with Crippen LogP contribution in [0.25, 0.3) is 0 Å². The Morgan fingerprint density at radius 3 is 2.67 bits per heavy atom. The van der Waals surface area contributed by atoms with Crippen molar-refractivity contribution < 1.29 is 14.3 Å². The van der Waals surface area contributed by atoms with E-state index in [9.17, 15) is 9.59 Å². The number of rotatable bonds is 7. The minimum atomic E-state index is -0.0736. The van der Waals surface area contributed by atoms with E-state index < -0.39 is 0 Å². The molecule has 6 nitrogen and oxygen atoms in total. The summed E-state index contributed by atoms with van der Waals surface area (Å²) in [7, 11) is 1.58. The van der Waals surface area contributed by atoms with Crippen LogP contribution in [-0.4, -0.2) is 44.7 Å². The molecule has 1 fully saturated rings. The van der Waals surface area contributed by atoms with Crippen molar-refractivity contribution in [2.24, 2.45) is 11.7 Å². The minimum Gasteiger partial charge on any atom is -0.383 e. The highest BCUT2D eigenvalue weighted by Crippen LogP contribution is 2.23. The van der Waals surface area contributed by atoms with Crippen LogP contribution in [0, 0.1) is 5.92 Å². The van der Waals surface area contributed by atoms with Gasteiger partial charge in [0.25, 0.3) is 0 Å². The van der Waals surface area contributed by atoms with Crippen molar-refractivity contribution in [3.8, 4) is 0 Å². The van der Waals surface area contributed by atoms with Crippen LogP contribution in [0.4, 0.5) is 0 Å². The molecule has 104 valence electrons. The number of nitrogens with one attached hydrogen (secondary N) is 2. The van der Waals surface area contributed by atoms with Crippen molar-refractivity contribution in [1.82, 2.24) is 10.6 Å². The van der Waals surface area contributed by atoms with E-state index in [2.05, 4.69) is 10.6 Å². The van der Waals surface area contributed by atoms with Crippen LogP contribution in [0.15, 0.2) is 0 Å². The van der Waals surface area contributed by atoms with Crippen molar-refractivity contribution in [2.75, 3.05) is 26.8 Å². The molecule has 0 radical (unpaired) electrons. The van der Waals surface area contributed by atoms with Gasteiger partial charge in [0.05, 0.1) is 6.61 Å². The second kappa shape index (κ2) is 8.05. The second-order valence-electron chi connectivity index (χ2n) is 4.65. The summed E-state index contributed by atoms with van der Waals surface area (Å²) in [5, 5.41) is 5.48. The molecule has 0 aliphatic heterocycles. The fourth-order valence-electron chi connectivity index (χ4n) is 2.08. The number of carbonyl (C=O) groups excluding carboxylic acids is 2. The van der Waals surface area contributed by atoms with Crippen LogP contribution in [-0.2, 0) is 14.3 Å². The predicted octanol–water partition coefficient (Wildman–Crippen LogP) is -0.617. The molecule has 0 aromatic rings. The second-order valence-corrected chi connectivity index (χ2v) is 4.65. The molecule has 2 atom stereocenters. The van der Waals surface area contributed by atoms with Crippen LogP contribution in [0.5, 0.6) is 0 Å². The van der Waals surface area contributed by atoms with Crippen LogP contribution >= 0.6 is 0 Å². The molecule has 0 aromatic carbocycles. The normalized spacial score (nSPS) is 22.8. The van der Waals surface area contributed by atoms with Gasteiger partial charge in [0.1, 0.15) is 0 Å². The molecule has 0 saturated heterocycles. The first-order chi connectivity index (χ1) is 8.63. The lowest BCUT2D eigenvalue weighted by atomic mass is 10.1. The van der Waals surface area contributed by atoms with E-state index in [1.165, 1.54) is 0 Å². The highest BCUT2D eigenvalue weighted by atomic mass is 16.5. The molecule has 6 heteroatoms. The molecule has 2 unspecified atom stereocenters. The van der Waals surface area contributed by atoms with Gasteiger partial charge in [-0.2, -0.15) is 0 Å². The van der Waals surface area contributed by atoms with E-state index in [0.29, 0.717) is 26.1 Å². The molecule has 0 bridgehead atoms. The molecule has 1 aliphatic carbocycles. The summed E-state index contributed by atoms with van der Waals surface area (Å²) < 4.78 is 4.82. The van der Waals surface area contributed by atoms with Gasteiger partial charge < -0.3 is 21.1 Å². The smallest absolute Gasteiger partial charge is 0.223 e. The topological polar surface area (TPSA) is 93.5 Å². The number of methoxy groups -OCH3 is 1. The summed E-state index contributed by atoms with van der Waals surface area (Å²) >= 11 is 0. The monoisotopic (exact) mass is 257 g/mol. The molecule has 1 aliphatic rings. The Morgan fingerprint density at radius 2 is 2.06 bits per heavy atom. The van der Waals surface area contributed by atoms with Crippen molar-refractivity contribution in [1.29, 1.82) is 0 Å². The lowest BCUT2D eigenvalue weighted by Gasteiger charge is -2.10. The molecule has 2 amide bonds. The number of nitrogens with two attached hydrogens (primary N) is 1. The third-order valence-electron chi connectivity index (χ3n) is 3.12. The Balaban J connectivity index is 2.06. The van der Waals surface area contributed by atoms with Crippen LogP contribution in [0.1, 0.15) is 25.7 Å². The van der Waals surface area contributed by atoms with Crippen molar-refractivity contribution in [2.45, 2.75) is 31.7 Å². The highest BCUT2D eigenvalue weighted by molar-refractivity contribution is 5.80. The van der Waals surface area contributed by atoms with Gasteiger partial charge in [0.15, 0.2) is 0 Å². The van der Waals surface area contributed by atoms with E-state index in [0.717, 1.165) is 19.3 Å². The fraction of sp³-hybridized carbons (Fsp3) is 0.833. The SMILES string of the molecule is COCCNC(=O)CCNC(=O)C1CCC(N)C1. The van der Waals surface area contributed by atoms with Crippen molar-refractivity contribution >= 4 is 11.8 Å². The predicted molar refractivity (Wildman–Crippen MR) is 67.8 cm³/mol. The largest absolute Gasteiger partial charge is 0.383 e. The molecule has 1 saturated carbocycles. The molecule has 18 heavy (non-hydrogen) atoms. The fourth-order valence-corrected chi connectivity index (χ4v) is 2.08. The van der Waals surface area contributed by atoms with Crippen LogP contribution in [0.2, 0.25) is 0 Å². The summed E-state index contributed by atoms with van der Waals surface area (Å²) in [6.45, 7) is 1.38. The average molecular weight is 257 g/mol. The van der Waals surface area contributed by atoms with Crippen LogP contribution in [0.3, 0.4) is 0 Å². The lowest BCUT2D eigenvalue weighted by Crippen LogP contribution is -2.35. The van der Waals surface area contributed by atoms with Crippen molar-refractivity contribution in [3.05, 3.63) is 0 Å². The highest BCUT2D eigenvalue weighted by Gasteiger charge is 2.27. The van der Waals surface area contributed by atoms with E-state index in [1.54, 1.807) is 7.11 Å². The lowest BCUT2D eigenvalue weighted by molar-refractivity contribution is -0.125. The summed E-state index contributed by atoms with van der Waals surface area (Å²) in [5.41, 5.74) is 5.75. The van der Waals surface area contributed by atoms with Gasteiger partial charge in [0.2, 0.25) is 11.8 Å². The van der Waals surface area contributed by atoms with Gasteiger partial charge in [-0.25, -0.2) is 0 Å². The number of hydrogen-bond donors (Lipinski definition) is 3. The number of ether oxygens (including phenoxy) is 1. The molecule has 0 aromatic heterocycles. The molecule has 0 heterocycles. The zero-order valence-corrected chi connectivity index (χ0v) is 10.9. The first kappa shape index (κ1) is 14.9. The van der Waals surface area contributed by atoms with E-state index in [4.69, 9.17) is 10.5 Å². The first-order valence-corrected chi connectivity index (χ1v) is 6.42.